The lowest BCUT2D eigenvalue weighted by Crippen LogP contribution is -2.00. The van der Waals surface area contributed by atoms with Gasteiger partial charge in [-0.2, -0.15) is 0 Å². The van der Waals surface area contributed by atoms with Crippen LogP contribution >= 0.6 is 39.1 Å². The number of hydrogen-bond donors (Lipinski definition) is 0. The topological polar surface area (TPSA) is 44.8 Å². The van der Waals surface area contributed by atoms with Crippen LogP contribution in [0.25, 0.3) is 6.08 Å². The Morgan fingerprint density at radius 1 is 1.26 bits per heavy atom. The highest BCUT2D eigenvalue weighted by Gasteiger charge is 2.12. The largest absolute Gasteiger partial charge is 0.493 e. The number of carbonyl (C=O) groups excluding carboxylic acids is 1. The van der Waals surface area contributed by atoms with Crippen LogP contribution in [0.5, 0.6) is 11.5 Å². The van der Waals surface area contributed by atoms with Gasteiger partial charge in [0.2, 0.25) is 0 Å². The van der Waals surface area contributed by atoms with E-state index in [9.17, 15) is 4.79 Å². The van der Waals surface area contributed by atoms with Gasteiger partial charge in [0.05, 0.1) is 11.6 Å². The summed E-state index contributed by atoms with van der Waals surface area (Å²) in [6.45, 7) is 3.90. The summed E-state index contributed by atoms with van der Waals surface area (Å²) in [4.78, 5) is 11.6. The van der Waals surface area contributed by atoms with E-state index in [1.165, 1.54) is 19.3 Å². The van der Waals surface area contributed by atoms with Gasteiger partial charge in [-0.3, -0.25) is 0 Å². The minimum absolute atomic E-state index is 0.163. The van der Waals surface area contributed by atoms with Crippen molar-refractivity contribution in [2.75, 3.05) is 13.7 Å². The highest BCUT2D eigenvalue weighted by Crippen LogP contribution is 2.38. The number of benzene rings is 2. The third-order valence-corrected chi connectivity index (χ3v) is 4.57. The van der Waals surface area contributed by atoms with Crippen molar-refractivity contribution in [1.82, 2.24) is 0 Å². The average Bonchev–Trinajstić information content (AvgIpc) is 2.64. The molecule has 2 aromatic rings. The number of ether oxygens (including phenoxy) is 3. The zero-order valence-electron chi connectivity index (χ0n) is 14.5. The standard InChI is InChI=1S/C20H17BrCl2O4/c1-3-8-26-19(24)7-4-13-9-16(21)20(18(10-13)25-2)27-12-14-5-6-15(22)11-17(14)23/h3-7,9-11H,1,8,12H2,2H3/b7-4+. The fraction of sp³-hybridized carbons (Fsp3) is 0.150. The molecule has 0 aliphatic rings. The van der Waals surface area contributed by atoms with Gasteiger partial charge in [0.25, 0.3) is 0 Å². The van der Waals surface area contributed by atoms with E-state index in [4.69, 9.17) is 37.4 Å². The minimum atomic E-state index is -0.456. The summed E-state index contributed by atoms with van der Waals surface area (Å²) < 4.78 is 16.8. The van der Waals surface area contributed by atoms with Gasteiger partial charge >= 0.3 is 5.97 Å². The molecule has 0 atom stereocenters. The van der Waals surface area contributed by atoms with Crippen LogP contribution < -0.4 is 9.47 Å². The summed E-state index contributed by atoms with van der Waals surface area (Å²) in [6.07, 6.45) is 4.46. The van der Waals surface area contributed by atoms with Crippen LogP contribution in [0, 0.1) is 0 Å². The summed E-state index contributed by atoms with van der Waals surface area (Å²) in [6, 6.07) is 8.77. The van der Waals surface area contributed by atoms with E-state index in [0.29, 0.717) is 26.0 Å². The van der Waals surface area contributed by atoms with Crippen molar-refractivity contribution < 1.29 is 19.0 Å². The van der Waals surface area contributed by atoms with Crippen LogP contribution in [0.1, 0.15) is 11.1 Å². The van der Waals surface area contributed by atoms with Crippen molar-refractivity contribution in [1.29, 1.82) is 0 Å². The molecule has 2 aromatic carbocycles. The Balaban J connectivity index is 2.16. The quantitative estimate of drug-likeness (QED) is 0.265. The Morgan fingerprint density at radius 3 is 2.70 bits per heavy atom. The molecule has 4 nitrogen and oxygen atoms in total. The fourth-order valence-corrected chi connectivity index (χ4v) is 3.16. The van der Waals surface area contributed by atoms with Crippen molar-refractivity contribution in [3.8, 4) is 11.5 Å². The SMILES string of the molecule is C=CCOC(=O)/C=C/c1cc(Br)c(OCc2ccc(Cl)cc2Cl)c(OC)c1. The van der Waals surface area contributed by atoms with Crippen LogP contribution in [0.15, 0.2) is 53.5 Å². The zero-order valence-corrected chi connectivity index (χ0v) is 17.6. The first-order valence-electron chi connectivity index (χ1n) is 7.84. The van der Waals surface area contributed by atoms with Crippen molar-refractivity contribution in [2.24, 2.45) is 0 Å². The first-order valence-corrected chi connectivity index (χ1v) is 9.39. The van der Waals surface area contributed by atoms with Gasteiger partial charge in [0, 0.05) is 21.7 Å². The van der Waals surface area contributed by atoms with E-state index >= 15 is 0 Å². The summed E-state index contributed by atoms with van der Waals surface area (Å²) in [5.74, 6) is 0.575. The van der Waals surface area contributed by atoms with E-state index in [1.807, 2.05) is 0 Å². The van der Waals surface area contributed by atoms with Gasteiger partial charge in [-0.25, -0.2) is 4.79 Å². The molecule has 0 N–H and O–H groups in total. The lowest BCUT2D eigenvalue weighted by Gasteiger charge is -2.14. The number of methoxy groups -OCH3 is 1. The second-order valence-electron chi connectivity index (χ2n) is 5.31. The highest BCUT2D eigenvalue weighted by atomic mass is 79.9. The molecule has 0 spiro atoms. The molecular formula is C20H17BrCl2O4. The van der Waals surface area contributed by atoms with Crippen LogP contribution in [0.4, 0.5) is 0 Å². The van der Waals surface area contributed by atoms with Gasteiger partial charge in [-0.05, 0) is 51.8 Å². The highest BCUT2D eigenvalue weighted by molar-refractivity contribution is 9.10. The smallest absolute Gasteiger partial charge is 0.331 e. The Morgan fingerprint density at radius 2 is 2.04 bits per heavy atom. The maximum absolute atomic E-state index is 11.6. The number of esters is 1. The molecule has 7 heteroatoms. The molecule has 0 heterocycles. The Kier molecular flexibility index (Phi) is 8.23. The first-order chi connectivity index (χ1) is 12.9. The van der Waals surface area contributed by atoms with Crippen LogP contribution in [0.3, 0.4) is 0 Å². The Labute approximate surface area is 176 Å². The molecule has 0 aliphatic carbocycles. The predicted octanol–water partition coefficient (Wildman–Crippen LogP) is 6.09. The number of carbonyl (C=O) groups is 1. The van der Waals surface area contributed by atoms with Gasteiger partial charge in [0.1, 0.15) is 13.2 Å². The van der Waals surface area contributed by atoms with E-state index in [2.05, 4.69) is 22.5 Å². The maximum atomic E-state index is 11.6. The summed E-state index contributed by atoms with van der Waals surface area (Å²) >= 11 is 15.6. The molecule has 0 aliphatic heterocycles. The molecule has 0 unspecified atom stereocenters. The van der Waals surface area contributed by atoms with E-state index in [1.54, 1.807) is 36.4 Å². The van der Waals surface area contributed by atoms with Crippen LogP contribution in [-0.2, 0) is 16.1 Å². The molecule has 0 amide bonds. The van der Waals surface area contributed by atoms with E-state index in [-0.39, 0.29) is 13.2 Å². The molecule has 2 rings (SSSR count). The number of halogens is 3. The molecular weight excluding hydrogens is 455 g/mol. The second kappa shape index (κ2) is 10.4. The van der Waals surface area contributed by atoms with E-state index < -0.39 is 5.97 Å². The van der Waals surface area contributed by atoms with Crippen molar-refractivity contribution in [3.05, 3.63) is 74.7 Å². The first kappa shape index (κ1) is 21.4. The van der Waals surface area contributed by atoms with Crippen LogP contribution in [0.2, 0.25) is 10.0 Å². The van der Waals surface area contributed by atoms with Gasteiger partial charge in [-0.1, -0.05) is 41.9 Å². The predicted molar refractivity (Wildman–Crippen MR) is 112 cm³/mol. The molecule has 0 fully saturated rings. The van der Waals surface area contributed by atoms with Gasteiger partial charge < -0.3 is 14.2 Å². The molecule has 0 saturated carbocycles. The van der Waals surface area contributed by atoms with Crippen molar-refractivity contribution in [3.63, 3.8) is 0 Å². The number of hydrogen-bond acceptors (Lipinski definition) is 4. The second-order valence-corrected chi connectivity index (χ2v) is 7.01. The molecule has 0 saturated heterocycles. The van der Waals surface area contributed by atoms with Crippen LogP contribution in [-0.4, -0.2) is 19.7 Å². The van der Waals surface area contributed by atoms with Crippen molar-refractivity contribution in [2.45, 2.75) is 6.61 Å². The number of rotatable bonds is 8. The van der Waals surface area contributed by atoms with Crippen molar-refractivity contribution >= 4 is 51.2 Å². The summed E-state index contributed by atoms with van der Waals surface area (Å²) in [5.41, 5.74) is 1.54. The minimum Gasteiger partial charge on any atom is -0.493 e. The van der Waals surface area contributed by atoms with Gasteiger partial charge in [0.15, 0.2) is 11.5 Å². The summed E-state index contributed by atoms with van der Waals surface area (Å²) in [5, 5.41) is 1.08. The monoisotopic (exact) mass is 470 g/mol. The zero-order chi connectivity index (χ0) is 19.8. The average molecular weight is 472 g/mol. The lowest BCUT2D eigenvalue weighted by atomic mass is 10.2. The third kappa shape index (κ3) is 6.31. The molecule has 142 valence electrons. The molecule has 0 bridgehead atoms. The summed E-state index contributed by atoms with van der Waals surface area (Å²) in [7, 11) is 1.54. The van der Waals surface area contributed by atoms with Gasteiger partial charge in [-0.15, -0.1) is 0 Å². The Bertz CT molecular complexity index is 865. The lowest BCUT2D eigenvalue weighted by molar-refractivity contribution is -0.136. The Hall–Kier alpha value is -1.95. The van der Waals surface area contributed by atoms with E-state index in [0.717, 1.165) is 11.1 Å². The normalized spacial score (nSPS) is 10.7. The maximum Gasteiger partial charge on any atom is 0.331 e. The molecule has 0 aromatic heterocycles. The third-order valence-electron chi connectivity index (χ3n) is 3.39. The molecule has 0 radical (unpaired) electrons. The fourth-order valence-electron chi connectivity index (χ4n) is 2.12. The molecule has 27 heavy (non-hydrogen) atoms.